The molecule has 100 valence electrons. The highest BCUT2D eigenvalue weighted by Gasteiger charge is 2.20. The Labute approximate surface area is 123 Å². The highest BCUT2D eigenvalue weighted by atomic mass is 79.9. The van der Waals surface area contributed by atoms with Crippen LogP contribution >= 0.6 is 15.9 Å². The number of nitrogens with two attached hydrogens (primary N) is 1. The van der Waals surface area contributed by atoms with Gasteiger partial charge in [-0.2, -0.15) is 0 Å². The first-order valence-electron chi connectivity index (χ1n) is 5.93. The Bertz CT molecular complexity index is 756. The van der Waals surface area contributed by atoms with Crippen molar-refractivity contribution in [2.45, 2.75) is 0 Å². The Morgan fingerprint density at radius 3 is 2.55 bits per heavy atom. The van der Waals surface area contributed by atoms with Crippen LogP contribution in [0.2, 0.25) is 0 Å². The average molecular weight is 333 g/mol. The van der Waals surface area contributed by atoms with E-state index in [-0.39, 0.29) is 5.82 Å². The minimum atomic E-state index is -0.396. The SMILES string of the molecule is Nc1noc(-c2ccc(Br)cc2F)c1-c1ccccc1. The quantitative estimate of drug-likeness (QED) is 0.752. The van der Waals surface area contributed by atoms with Crippen molar-refractivity contribution >= 4 is 21.7 Å². The van der Waals surface area contributed by atoms with E-state index in [1.807, 2.05) is 30.3 Å². The molecule has 20 heavy (non-hydrogen) atoms. The summed E-state index contributed by atoms with van der Waals surface area (Å²) in [6, 6.07) is 14.2. The third kappa shape index (κ3) is 2.20. The number of nitrogens with zero attached hydrogens (tertiary/aromatic N) is 1. The minimum absolute atomic E-state index is 0.244. The van der Waals surface area contributed by atoms with Crippen LogP contribution in [-0.2, 0) is 0 Å². The summed E-state index contributed by atoms with van der Waals surface area (Å²) in [5.74, 6) is 0.180. The Hall–Kier alpha value is -2.14. The largest absolute Gasteiger partial charge is 0.380 e. The summed E-state index contributed by atoms with van der Waals surface area (Å²) in [4.78, 5) is 0. The summed E-state index contributed by atoms with van der Waals surface area (Å²) in [5, 5.41) is 3.76. The third-order valence-corrected chi connectivity index (χ3v) is 3.45. The molecule has 1 aromatic heterocycles. The molecule has 0 aliphatic heterocycles. The first-order valence-corrected chi connectivity index (χ1v) is 6.72. The number of halogens is 2. The molecule has 0 aliphatic rings. The maximum absolute atomic E-state index is 14.1. The molecule has 0 spiro atoms. The second-order valence-electron chi connectivity index (χ2n) is 4.26. The molecular formula is C15H10BrFN2O. The number of hydrogen-bond acceptors (Lipinski definition) is 3. The number of aromatic nitrogens is 1. The van der Waals surface area contributed by atoms with Gasteiger partial charge in [-0.1, -0.05) is 51.4 Å². The van der Waals surface area contributed by atoms with Gasteiger partial charge in [0.2, 0.25) is 0 Å². The third-order valence-electron chi connectivity index (χ3n) is 2.96. The van der Waals surface area contributed by atoms with Gasteiger partial charge in [-0.3, -0.25) is 0 Å². The molecule has 0 saturated heterocycles. The normalized spacial score (nSPS) is 10.7. The van der Waals surface area contributed by atoms with Crippen LogP contribution in [0.25, 0.3) is 22.5 Å². The molecule has 3 rings (SSSR count). The van der Waals surface area contributed by atoms with E-state index in [1.165, 1.54) is 6.07 Å². The lowest BCUT2D eigenvalue weighted by molar-refractivity contribution is 0.433. The summed E-state index contributed by atoms with van der Waals surface area (Å²) >= 11 is 3.23. The highest BCUT2D eigenvalue weighted by molar-refractivity contribution is 9.10. The Morgan fingerprint density at radius 2 is 1.85 bits per heavy atom. The molecule has 5 heteroatoms. The second kappa shape index (κ2) is 5.09. The van der Waals surface area contributed by atoms with E-state index in [9.17, 15) is 4.39 Å². The fraction of sp³-hybridized carbons (Fsp3) is 0. The van der Waals surface area contributed by atoms with E-state index < -0.39 is 5.82 Å². The second-order valence-corrected chi connectivity index (χ2v) is 5.18. The first-order chi connectivity index (χ1) is 9.66. The van der Waals surface area contributed by atoms with Crippen LogP contribution in [0.4, 0.5) is 10.2 Å². The van der Waals surface area contributed by atoms with Crippen molar-refractivity contribution in [1.82, 2.24) is 5.16 Å². The molecule has 0 bridgehead atoms. The molecule has 3 aromatic rings. The van der Waals surface area contributed by atoms with E-state index in [1.54, 1.807) is 12.1 Å². The fourth-order valence-corrected chi connectivity index (χ4v) is 2.38. The molecule has 0 radical (unpaired) electrons. The van der Waals surface area contributed by atoms with Gasteiger partial charge in [-0.25, -0.2) is 4.39 Å². The van der Waals surface area contributed by atoms with Crippen LogP contribution < -0.4 is 5.73 Å². The molecule has 3 nitrogen and oxygen atoms in total. The predicted molar refractivity (Wildman–Crippen MR) is 79.4 cm³/mol. The van der Waals surface area contributed by atoms with Gasteiger partial charge in [0.1, 0.15) is 5.82 Å². The standard InChI is InChI=1S/C15H10BrFN2O/c16-10-6-7-11(12(17)8-10)14-13(15(18)19-20-14)9-4-2-1-3-5-9/h1-8H,(H2,18,19). The van der Waals surface area contributed by atoms with Crippen molar-refractivity contribution in [3.8, 4) is 22.5 Å². The van der Waals surface area contributed by atoms with Crippen LogP contribution in [0.1, 0.15) is 0 Å². The van der Waals surface area contributed by atoms with E-state index in [4.69, 9.17) is 10.3 Å². The van der Waals surface area contributed by atoms with Gasteiger partial charge in [0.25, 0.3) is 0 Å². The van der Waals surface area contributed by atoms with E-state index in [0.717, 1.165) is 5.56 Å². The summed E-state index contributed by atoms with van der Waals surface area (Å²) in [6.07, 6.45) is 0. The van der Waals surface area contributed by atoms with Crippen molar-refractivity contribution in [1.29, 1.82) is 0 Å². The number of anilines is 1. The summed E-state index contributed by atoms with van der Waals surface area (Å²) in [5.41, 5.74) is 7.62. The fourth-order valence-electron chi connectivity index (χ4n) is 2.04. The lowest BCUT2D eigenvalue weighted by Gasteiger charge is -2.04. The van der Waals surface area contributed by atoms with Crippen LogP contribution in [0.5, 0.6) is 0 Å². The minimum Gasteiger partial charge on any atom is -0.380 e. The first kappa shape index (κ1) is 12.9. The summed E-state index contributed by atoms with van der Waals surface area (Å²) < 4.78 is 20.0. The van der Waals surface area contributed by atoms with E-state index in [0.29, 0.717) is 21.4 Å². The van der Waals surface area contributed by atoms with Gasteiger partial charge < -0.3 is 10.3 Å². The van der Waals surface area contributed by atoms with E-state index in [2.05, 4.69) is 21.1 Å². The van der Waals surface area contributed by atoms with Crippen LogP contribution in [0.3, 0.4) is 0 Å². The maximum Gasteiger partial charge on any atom is 0.179 e. The smallest absolute Gasteiger partial charge is 0.179 e. The summed E-state index contributed by atoms with van der Waals surface area (Å²) in [7, 11) is 0. The van der Waals surface area contributed by atoms with Gasteiger partial charge in [-0.15, -0.1) is 0 Å². The Balaban J connectivity index is 2.21. The number of rotatable bonds is 2. The Morgan fingerprint density at radius 1 is 1.10 bits per heavy atom. The molecule has 2 aromatic carbocycles. The van der Waals surface area contributed by atoms with Gasteiger partial charge >= 0.3 is 0 Å². The van der Waals surface area contributed by atoms with Crippen LogP contribution in [0, 0.1) is 5.82 Å². The molecule has 0 atom stereocenters. The molecule has 2 N–H and O–H groups in total. The zero-order valence-electron chi connectivity index (χ0n) is 10.3. The zero-order chi connectivity index (χ0) is 14.1. The topological polar surface area (TPSA) is 52.0 Å². The number of benzene rings is 2. The van der Waals surface area contributed by atoms with Crippen molar-refractivity contribution < 1.29 is 8.91 Å². The molecule has 0 amide bonds. The molecular weight excluding hydrogens is 323 g/mol. The van der Waals surface area contributed by atoms with Crippen molar-refractivity contribution in [2.75, 3.05) is 5.73 Å². The van der Waals surface area contributed by atoms with Gasteiger partial charge in [-0.05, 0) is 23.8 Å². The molecule has 0 saturated carbocycles. The van der Waals surface area contributed by atoms with Crippen LogP contribution in [0.15, 0.2) is 57.5 Å². The number of nitrogen functional groups attached to an aromatic ring is 1. The van der Waals surface area contributed by atoms with E-state index >= 15 is 0 Å². The van der Waals surface area contributed by atoms with Crippen LogP contribution in [-0.4, -0.2) is 5.16 Å². The lowest BCUT2D eigenvalue weighted by Crippen LogP contribution is -1.90. The summed E-state index contributed by atoms with van der Waals surface area (Å²) in [6.45, 7) is 0. The van der Waals surface area contributed by atoms with Gasteiger partial charge in [0, 0.05) is 4.47 Å². The van der Waals surface area contributed by atoms with Crippen molar-refractivity contribution in [3.63, 3.8) is 0 Å². The monoisotopic (exact) mass is 332 g/mol. The zero-order valence-corrected chi connectivity index (χ0v) is 11.9. The highest BCUT2D eigenvalue weighted by Crippen LogP contribution is 2.37. The predicted octanol–water partition coefficient (Wildman–Crippen LogP) is 4.49. The molecule has 0 unspecified atom stereocenters. The van der Waals surface area contributed by atoms with Gasteiger partial charge in [0.05, 0.1) is 11.1 Å². The number of hydrogen-bond donors (Lipinski definition) is 1. The molecule has 0 aliphatic carbocycles. The average Bonchev–Trinajstić information content (AvgIpc) is 2.81. The lowest BCUT2D eigenvalue weighted by atomic mass is 10.0. The Kier molecular flexibility index (Phi) is 3.28. The van der Waals surface area contributed by atoms with Gasteiger partial charge in [0.15, 0.2) is 11.6 Å². The maximum atomic E-state index is 14.1. The molecule has 0 fully saturated rings. The van der Waals surface area contributed by atoms with Crippen molar-refractivity contribution in [3.05, 3.63) is 58.8 Å². The molecule has 1 heterocycles. The van der Waals surface area contributed by atoms with Crippen molar-refractivity contribution in [2.24, 2.45) is 0 Å².